The second-order valence-corrected chi connectivity index (χ2v) is 7.01. The molecule has 1 saturated carbocycles. The largest absolute Gasteiger partial charge is 0.462 e. The van der Waals surface area contributed by atoms with Gasteiger partial charge in [0.2, 0.25) is 5.95 Å². The maximum atomic E-state index is 12.4. The van der Waals surface area contributed by atoms with Crippen LogP contribution in [0.1, 0.15) is 18.9 Å². The van der Waals surface area contributed by atoms with Crippen LogP contribution in [0.4, 0.5) is 5.95 Å². The Morgan fingerprint density at radius 2 is 2.30 bits per heavy atom. The van der Waals surface area contributed by atoms with Gasteiger partial charge in [0.05, 0.1) is 24.7 Å². The zero-order valence-electron chi connectivity index (χ0n) is 15.0. The molecule has 0 saturated heterocycles. The van der Waals surface area contributed by atoms with Crippen LogP contribution in [0.25, 0.3) is 11.2 Å². The van der Waals surface area contributed by atoms with Crippen LogP contribution in [0.15, 0.2) is 36.6 Å². The number of nitrogens with two attached hydrogens (primary N) is 1. The maximum Gasteiger partial charge on any atom is 0.335 e. The monoisotopic (exact) mass is 370 g/mol. The summed E-state index contributed by atoms with van der Waals surface area (Å²) in [5.41, 5.74) is 7.64. The smallest absolute Gasteiger partial charge is 0.335 e. The number of carbonyl (C=O) groups excluding carboxylic acids is 1. The van der Waals surface area contributed by atoms with Gasteiger partial charge in [0.15, 0.2) is 5.65 Å². The van der Waals surface area contributed by atoms with Crippen molar-refractivity contribution in [2.75, 3.05) is 26.0 Å². The minimum atomic E-state index is -0.324. The van der Waals surface area contributed by atoms with E-state index in [1.54, 1.807) is 18.7 Å². The third-order valence-corrected chi connectivity index (χ3v) is 5.28. The number of aromatic nitrogens is 4. The summed E-state index contributed by atoms with van der Waals surface area (Å²) in [6.45, 7) is 0.288. The van der Waals surface area contributed by atoms with Crippen molar-refractivity contribution in [3.63, 3.8) is 0 Å². The molecule has 9 nitrogen and oxygen atoms in total. The predicted molar refractivity (Wildman–Crippen MR) is 98.0 cm³/mol. The Hall–Kier alpha value is -2.94. The van der Waals surface area contributed by atoms with Crippen molar-refractivity contribution in [2.45, 2.75) is 18.9 Å². The van der Waals surface area contributed by atoms with Crippen LogP contribution in [0.3, 0.4) is 0 Å². The summed E-state index contributed by atoms with van der Waals surface area (Å²) in [5, 5.41) is 9.64. The Labute approximate surface area is 156 Å². The van der Waals surface area contributed by atoms with Crippen LogP contribution in [0, 0.1) is 11.8 Å². The van der Waals surface area contributed by atoms with Crippen LogP contribution < -0.4 is 5.73 Å². The van der Waals surface area contributed by atoms with Gasteiger partial charge >= 0.3 is 5.97 Å². The number of fused-ring (bicyclic) bond motifs is 1. The fraction of sp³-hybridized carbons (Fsp3) is 0.444. The number of anilines is 1. The number of nitrogens with zero attached hydrogens (tertiary/aromatic N) is 5. The molecule has 0 radical (unpaired) electrons. The lowest BCUT2D eigenvalue weighted by molar-refractivity contribution is -0.144. The number of imidazole rings is 1. The Kier molecular flexibility index (Phi) is 4.53. The minimum absolute atomic E-state index is 0.00926. The molecular weight excluding hydrogens is 348 g/mol. The summed E-state index contributed by atoms with van der Waals surface area (Å²) in [4.78, 5) is 26.7. The number of rotatable bonds is 5. The fourth-order valence-corrected chi connectivity index (χ4v) is 3.73. The van der Waals surface area contributed by atoms with E-state index in [1.807, 2.05) is 28.8 Å². The van der Waals surface area contributed by atoms with Crippen molar-refractivity contribution in [1.82, 2.24) is 24.4 Å². The molecule has 9 heteroatoms. The highest BCUT2D eigenvalue weighted by atomic mass is 16.5. The second kappa shape index (κ2) is 6.99. The lowest BCUT2D eigenvalue weighted by Crippen LogP contribution is -2.43. The van der Waals surface area contributed by atoms with Gasteiger partial charge in [-0.1, -0.05) is 6.08 Å². The topological polar surface area (TPSA) is 119 Å². The zero-order valence-corrected chi connectivity index (χ0v) is 15.0. The maximum absolute atomic E-state index is 12.4. The number of esters is 1. The van der Waals surface area contributed by atoms with Crippen molar-refractivity contribution in [3.05, 3.63) is 36.6 Å². The fourth-order valence-electron chi connectivity index (χ4n) is 3.73. The van der Waals surface area contributed by atoms with E-state index >= 15 is 0 Å². The number of allylic oxidation sites excluding steroid dienone is 1. The predicted octanol–water partition coefficient (Wildman–Crippen LogP) is 0.854. The Bertz CT molecular complexity index is 921. The van der Waals surface area contributed by atoms with Gasteiger partial charge in [0.25, 0.3) is 0 Å². The molecule has 1 aliphatic heterocycles. The molecule has 3 heterocycles. The molecule has 1 fully saturated rings. The third-order valence-electron chi connectivity index (χ3n) is 5.28. The third kappa shape index (κ3) is 3.25. The van der Waals surface area contributed by atoms with Gasteiger partial charge in [0, 0.05) is 38.2 Å². The van der Waals surface area contributed by atoms with Crippen molar-refractivity contribution < 1.29 is 14.6 Å². The SMILES string of the molecule is CN1C=CCC(C(=O)OC[C@@H]2[C@@H](CO)C[C@H]2n2cnc3cnc(N)nc32)=C1. The van der Waals surface area contributed by atoms with Gasteiger partial charge in [-0.3, -0.25) is 0 Å². The first-order valence-corrected chi connectivity index (χ1v) is 8.89. The van der Waals surface area contributed by atoms with Crippen molar-refractivity contribution >= 4 is 23.1 Å². The van der Waals surface area contributed by atoms with Crippen molar-refractivity contribution in [1.29, 1.82) is 0 Å². The van der Waals surface area contributed by atoms with E-state index in [-0.39, 0.29) is 43.0 Å². The van der Waals surface area contributed by atoms with Crippen molar-refractivity contribution in [3.8, 4) is 0 Å². The van der Waals surface area contributed by atoms with Crippen LogP contribution >= 0.6 is 0 Å². The molecular formula is C18H22N6O3. The van der Waals surface area contributed by atoms with E-state index < -0.39 is 0 Å². The number of nitrogen functional groups attached to an aromatic ring is 1. The second-order valence-electron chi connectivity index (χ2n) is 7.01. The van der Waals surface area contributed by atoms with Gasteiger partial charge in [-0.15, -0.1) is 0 Å². The van der Waals surface area contributed by atoms with E-state index in [4.69, 9.17) is 10.5 Å². The summed E-state index contributed by atoms with van der Waals surface area (Å²) in [5.74, 6) is -0.0744. The lowest BCUT2D eigenvalue weighted by atomic mass is 9.70. The first-order chi connectivity index (χ1) is 13.1. The molecule has 0 bridgehead atoms. The number of aliphatic hydroxyl groups excluding tert-OH is 1. The Morgan fingerprint density at radius 3 is 3.07 bits per heavy atom. The first-order valence-electron chi connectivity index (χ1n) is 8.89. The Morgan fingerprint density at radius 1 is 1.44 bits per heavy atom. The first kappa shape index (κ1) is 17.5. The van der Waals surface area contributed by atoms with E-state index in [0.717, 1.165) is 6.42 Å². The van der Waals surface area contributed by atoms with Crippen LogP contribution in [0.5, 0.6) is 0 Å². The molecule has 2 aromatic heterocycles. The average molecular weight is 370 g/mol. The molecule has 0 amide bonds. The molecule has 1 aliphatic carbocycles. The number of hydrogen-bond acceptors (Lipinski definition) is 8. The van der Waals surface area contributed by atoms with E-state index in [0.29, 0.717) is 23.2 Å². The molecule has 3 N–H and O–H groups in total. The molecule has 0 aromatic carbocycles. The van der Waals surface area contributed by atoms with Gasteiger partial charge in [-0.05, 0) is 18.5 Å². The van der Waals surface area contributed by atoms with Gasteiger partial charge < -0.3 is 25.0 Å². The van der Waals surface area contributed by atoms with E-state index in [1.165, 1.54) is 0 Å². The summed E-state index contributed by atoms with van der Waals surface area (Å²) in [6.07, 6.45) is 10.2. The van der Waals surface area contributed by atoms with Crippen molar-refractivity contribution in [2.24, 2.45) is 11.8 Å². The standard InChI is InChI=1S/C18H22N6O3/c1-23-4-2-3-11(7-23)17(26)27-9-13-12(8-25)5-15(13)24-10-21-14-6-20-18(19)22-16(14)24/h2,4,6-7,10,12-13,15,25H,3,5,8-9H2,1H3,(H2,19,20,22)/t12-,13-,15-/m1/s1. The normalized spacial score (nSPS) is 24.6. The average Bonchev–Trinajstić information content (AvgIpc) is 3.04. The summed E-state index contributed by atoms with van der Waals surface area (Å²) < 4.78 is 7.50. The highest BCUT2D eigenvalue weighted by Crippen LogP contribution is 2.45. The van der Waals surface area contributed by atoms with Gasteiger partial charge in [0.1, 0.15) is 5.52 Å². The quantitative estimate of drug-likeness (QED) is 0.744. The molecule has 0 unspecified atom stereocenters. The number of aliphatic hydroxyl groups is 1. The highest BCUT2D eigenvalue weighted by Gasteiger charge is 2.43. The number of hydrogen-bond donors (Lipinski definition) is 2. The minimum Gasteiger partial charge on any atom is -0.462 e. The molecule has 142 valence electrons. The summed E-state index contributed by atoms with van der Waals surface area (Å²) in [7, 11) is 1.87. The van der Waals surface area contributed by atoms with Gasteiger partial charge in [-0.25, -0.2) is 14.8 Å². The molecule has 2 aromatic rings. The Balaban J connectivity index is 1.48. The molecule has 3 atom stereocenters. The molecule has 27 heavy (non-hydrogen) atoms. The number of carbonyl (C=O) groups is 1. The van der Waals surface area contributed by atoms with Crippen LogP contribution in [0.2, 0.25) is 0 Å². The highest BCUT2D eigenvalue weighted by molar-refractivity contribution is 5.88. The van der Waals surface area contributed by atoms with Crippen LogP contribution in [-0.4, -0.2) is 55.8 Å². The molecule has 4 rings (SSSR count). The molecule has 0 spiro atoms. The van der Waals surface area contributed by atoms with Crippen LogP contribution in [-0.2, 0) is 9.53 Å². The molecule has 2 aliphatic rings. The summed E-state index contributed by atoms with van der Waals surface area (Å²) in [6, 6.07) is 0.0390. The van der Waals surface area contributed by atoms with E-state index in [9.17, 15) is 9.90 Å². The van der Waals surface area contributed by atoms with E-state index in [2.05, 4.69) is 15.0 Å². The number of ether oxygens (including phenoxy) is 1. The zero-order chi connectivity index (χ0) is 19.0. The van der Waals surface area contributed by atoms with Gasteiger partial charge in [-0.2, -0.15) is 4.98 Å². The lowest BCUT2D eigenvalue weighted by Gasteiger charge is -2.44. The summed E-state index contributed by atoms with van der Waals surface area (Å²) >= 11 is 0.